The number of nitrogens with zero attached hydrogens (tertiary/aromatic N) is 1. The number of halogens is 2. The minimum atomic E-state index is 0.0220. The average Bonchev–Trinajstić information content (AvgIpc) is 2.48. The molecule has 0 amide bonds. The first-order valence-electron chi connectivity index (χ1n) is 6.39. The molecule has 108 valence electrons. The van der Waals surface area contributed by atoms with Crippen LogP contribution in [0.1, 0.15) is 11.1 Å². The largest absolute Gasteiger partial charge is 0.478 e. The summed E-state index contributed by atoms with van der Waals surface area (Å²) in [6, 6.07) is 13.1. The summed E-state index contributed by atoms with van der Waals surface area (Å²) in [4.78, 5) is 0. The molecule has 0 aromatic heterocycles. The van der Waals surface area contributed by atoms with Gasteiger partial charge in [-0.05, 0) is 30.7 Å². The molecule has 0 aliphatic carbocycles. The third kappa shape index (κ3) is 4.04. The third-order valence-electron chi connectivity index (χ3n) is 2.98. The van der Waals surface area contributed by atoms with Crippen molar-refractivity contribution in [1.82, 2.24) is 0 Å². The van der Waals surface area contributed by atoms with E-state index in [4.69, 9.17) is 33.2 Å². The first kappa shape index (κ1) is 15.5. The van der Waals surface area contributed by atoms with Crippen molar-refractivity contribution in [2.24, 2.45) is 0 Å². The molecule has 1 N–H and O–H groups in total. The van der Waals surface area contributed by atoms with Crippen LogP contribution in [0, 0.1) is 18.3 Å². The summed E-state index contributed by atoms with van der Waals surface area (Å²) < 4.78 is 5.39. The Bertz CT molecular complexity index is 680. The molecule has 2 aromatic carbocycles. The molecule has 0 radical (unpaired) electrons. The molecule has 0 spiro atoms. The molecule has 0 aliphatic heterocycles. The van der Waals surface area contributed by atoms with Crippen molar-refractivity contribution in [1.29, 1.82) is 5.26 Å². The van der Waals surface area contributed by atoms with Crippen LogP contribution in [-0.4, -0.2) is 6.61 Å². The van der Waals surface area contributed by atoms with Gasteiger partial charge in [-0.2, -0.15) is 5.26 Å². The summed E-state index contributed by atoms with van der Waals surface area (Å²) in [6.45, 7) is 2.46. The Labute approximate surface area is 134 Å². The van der Waals surface area contributed by atoms with E-state index in [1.807, 2.05) is 43.3 Å². The van der Waals surface area contributed by atoms with E-state index < -0.39 is 0 Å². The van der Waals surface area contributed by atoms with Crippen LogP contribution in [0.25, 0.3) is 0 Å². The minimum absolute atomic E-state index is 0.0220. The van der Waals surface area contributed by atoms with Crippen molar-refractivity contribution in [2.45, 2.75) is 13.5 Å². The molecular formula is C16H14Cl2N2O. The average molecular weight is 321 g/mol. The zero-order valence-corrected chi connectivity index (χ0v) is 13.0. The number of anilines is 1. The van der Waals surface area contributed by atoms with Crippen molar-refractivity contribution in [3.63, 3.8) is 0 Å². The highest BCUT2D eigenvalue weighted by Gasteiger charge is 2.07. The second-order valence-electron chi connectivity index (χ2n) is 4.49. The second kappa shape index (κ2) is 7.21. The third-order valence-corrected chi connectivity index (χ3v) is 3.70. The van der Waals surface area contributed by atoms with Crippen LogP contribution in [0.2, 0.25) is 10.0 Å². The van der Waals surface area contributed by atoms with E-state index in [9.17, 15) is 0 Å². The molecule has 2 aromatic rings. The molecular weight excluding hydrogens is 307 g/mol. The van der Waals surface area contributed by atoms with E-state index in [2.05, 4.69) is 5.32 Å². The maximum atomic E-state index is 8.60. The number of aryl methyl sites for hydroxylation is 1. The number of nitriles is 1. The lowest BCUT2D eigenvalue weighted by atomic mass is 10.2. The highest BCUT2D eigenvalue weighted by atomic mass is 35.5. The first-order valence-corrected chi connectivity index (χ1v) is 7.14. The zero-order chi connectivity index (χ0) is 15.2. The van der Waals surface area contributed by atoms with Gasteiger partial charge in [0.05, 0.1) is 10.7 Å². The summed E-state index contributed by atoms with van der Waals surface area (Å²) in [7, 11) is 0. The van der Waals surface area contributed by atoms with Gasteiger partial charge in [-0.3, -0.25) is 0 Å². The molecule has 0 saturated carbocycles. The van der Waals surface area contributed by atoms with Crippen molar-refractivity contribution >= 4 is 28.9 Å². The SMILES string of the molecule is Cc1cc(Cl)c(NCc2ccccc2OCC#N)cc1Cl. The Hall–Kier alpha value is -1.89. The van der Waals surface area contributed by atoms with Crippen molar-refractivity contribution < 1.29 is 4.74 Å². The van der Waals surface area contributed by atoms with Crippen LogP contribution in [0.5, 0.6) is 5.75 Å². The van der Waals surface area contributed by atoms with Gasteiger partial charge >= 0.3 is 0 Å². The molecule has 0 heterocycles. The van der Waals surface area contributed by atoms with Gasteiger partial charge in [0.2, 0.25) is 0 Å². The fourth-order valence-corrected chi connectivity index (χ4v) is 2.32. The number of nitrogens with one attached hydrogen (secondary N) is 1. The molecule has 5 heteroatoms. The highest BCUT2D eigenvalue weighted by Crippen LogP contribution is 2.29. The van der Waals surface area contributed by atoms with Gasteiger partial charge in [0.25, 0.3) is 0 Å². The predicted octanol–water partition coefficient (Wildman–Crippen LogP) is 4.82. The van der Waals surface area contributed by atoms with Crippen LogP contribution in [0.15, 0.2) is 36.4 Å². The fourth-order valence-electron chi connectivity index (χ4n) is 1.87. The molecule has 0 atom stereocenters. The Kier molecular flexibility index (Phi) is 5.32. The second-order valence-corrected chi connectivity index (χ2v) is 5.30. The van der Waals surface area contributed by atoms with Crippen molar-refractivity contribution in [3.8, 4) is 11.8 Å². The number of hydrogen-bond acceptors (Lipinski definition) is 3. The summed E-state index contributed by atoms with van der Waals surface area (Å²) >= 11 is 12.3. The Morgan fingerprint density at radius 2 is 1.95 bits per heavy atom. The van der Waals surface area contributed by atoms with Crippen LogP contribution in [0.3, 0.4) is 0 Å². The van der Waals surface area contributed by atoms with Crippen molar-refractivity contribution in [2.75, 3.05) is 11.9 Å². The normalized spacial score (nSPS) is 10.0. The lowest BCUT2D eigenvalue weighted by molar-refractivity contribution is 0.364. The zero-order valence-electron chi connectivity index (χ0n) is 11.5. The summed E-state index contributed by atoms with van der Waals surface area (Å²) in [6.07, 6.45) is 0. The number of benzene rings is 2. The van der Waals surface area contributed by atoms with Crippen LogP contribution >= 0.6 is 23.2 Å². The van der Waals surface area contributed by atoms with Gasteiger partial charge in [-0.15, -0.1) is 0 Å². The van der Waals surface area contributed by atoms with Crippen molar-refractivity contribution in [3.05, 3.63) is 57.6 Å². The lowest BCUT2D eigenvalue weighted by Gasteiger charge is -2.13. The molecule has 0 aliphatic rings. The minimum Gasteiger partial charge on any atom is -0.478 e. The van der Waals surface area contributed by atoms with Gasteiger partial charge in [-0.1, -0.05) is 41.4 Å². The van der Waals surface area contributed by atoms with Gasteiger partial charge in [0.1, 0.15) is 11.8 Å². The van der Waals surface area contributed by atoms with Gasteiger partial charge in [0, 0.05) is 17.1 Å². The van der Waals surface area contributed by atoms with Crippen LogP contribution in [-0.2, 0) is 6.54 Å². The molecule has 0 saturated heterocycles. The van der Waals surface area contributed by atoms with Crippen LogP contribution < -0.4 is 10.1 Å². The summed E-state index contributed by atoms with van der Waals surface area (Å²) in [5.74, 6) is 0.681. The molecule has 0 bridgehead atoms. The Morgan fingerprint density at radius 3 is 2.71 bits per heavy atom. The lowest BCUT2D eigenvalue weighted by Crippen LogP contribution is -2.04. The Morgan fingerprint density at radius 1 is 1.19 bits per heavy atom. The quantitative estimate of drug-likeness (QED) is 0.859. The molecule has 3 nitrogen and oxygen atoms in total. The predicted molar refractivity (Wildman–Crippen MR) is 86.1 cm³/mol. The van der Waals surface area contributed by atoms with E-state index in [0.29, 0.717) is 22.3 Å². The van der Waals surface area contributed by atoms with E-state index in [0.717, 1.165) is 16.8 Å². The van der Waals surface area contributed by atoms with E-state index >= 15 is 0 Å². The molecule has 0 fully saturated rings. The summed E-state index contributed by atoms with van der Waals surface area (Å²) in [5.41, 5.74) is 2.65. The molecule has 2 rings (SSSR count). The highest BCUT2D eigenvalue weighted by molar-refractivity contribution is 6.35. The topological polar surface area (TPSA) is 45.0 Å². The van der Waals surface area contributed by atoms with Gasteiger partial charge in [0.15, 0.2) is 6.61 Å². The van der Waals surface area contributed by atoms with Crippen LogP contribution in [0.4, 0.5) is 5.69 Å². The van der Waals surface area contributed by atoms with E-state index in [1.165, 1.54) is 0 Å². The smallest absolute Gasteiger partial charge is 0.174 e. The fraction of sp³-hybridized carbons (Fsp3) is 0.188. The monoisotopic (exact) mass is 320 g/mol. The maximum Gasteiger partial charge on any atom is 0.174 e. The standard InChI is InChI=1S/C16H14Cl2N2O/c1-11-8-14(18)15(9-13(11)17)20-10-12-4-2-3-5-16(12)21-7-6-19/h2-5,8-9,20H,7,10H2,1H3. The van der Waals surface area contributed by atoms with E-state index in [-0.39, 0.29) is 6.61 Å². The Balaban J connectivity index is 2.13. The number of ether oxygens (including phenoxy) is 1. The molecule has 0 unspecified atom stereocenters. The molecule has 21 heavy (non-hydrogen) atoms. The number of rotatable bonds is 5. The van der Waals surface area contributed by atoms with Gasteiger partial charge in [-0.25, -0.2) is 0 Å². The first-order chi connectivity index (χ1) is 10.1. The van der Waals surface area contributed by atoms with Gasteiger partial charge < -0.3 is 10.1 Å². The summed E-state index contributed by atoms with van der Waals surface area (Å²) in [5, 5.41) is 13.1. The maximum absolute atomic E-state index is 8.60. The van der Waals surface area contributed by atoms with E-state index in [1.54, 1.807) is 6.07 Å². The number of para-hydroxylation sites is 1. The number of hydrogen-bond donors (Lipinski definition) is 1.